The number of hydrogen-bond donors (Lipinski definition) is 4. The molecule has 0 aliphatic rings. The van der Waals surface area contributed by atoms with E-state index in [2.05, 4.69) is 19.2 Å². The van der Waals surface area contributed by atoms with Gasteiger partial charge in [0, 0.05) is 13.0 Å². The van der Waals surface area contributed by atoms with Crippen molar-refractivity contribution < 1.29 is 28.4 Å². The third-order valence-corrected chi connectivity index (χ3v) is 11.3. The summed E-state index contributed by atoms with van der Waals surface area (Å²) in [5, 5.41) is 13.7. The summed E-state index contributed by atoms with van der Waals surface area (Å²) in [6.45, 7) is 4.16. The van der Waals surface area contributed by atoms with E-state index in [1.54, 1.807) is 6.08 Å². The minimum atomic E-state index is -4.33. The molecule has 1 amide bonds. The molecule has 0 saturated heterocycles. The van der Waals surface area contributed by atoms with Crippen molar-refractivity contribution in [1.29, 1.82) is 0 Å². The van der Waals surface area contributed by atoms with Gasteiger partial charge >= 0.3 is 7.82 Å². The van der Waals surface area contributed by atoms with Crippen molar-refractivity contribution >= 4 is 13.7 Å². The first-order valence-corrected chi connectivity index (χ1v) is 24.3. The maximum absolute atomic E-state index is 12.8. The molecule has 0 aliphatic heterocycles. The number of carbonyl (C=O) groups excluding carboxylic acids is 1. The van der Waals surface area contributed by atoms with Crippen LogP contribution >= 0.6 is 7.82 Å². The average Bonchev–Trinajstić information content (AvgIpc) is 3.14. The van der Waals surface area contributed by atoms with Crippen molar-refractivity contribution in [3.63, 3.8) is 0 Å². The summed E-state index contributed by atoms with van der Waals surface area (Å²) < 4.78 is 22.1. The standard InChI is InChI=1S/C44H89N2O6P/c1-3-5-7-9-11-13-15-17-19-20-21-22-23-24-26-28-30-32-34-36-38-44(48)46-42(41-52-53(49,50)51-40-39-45)43(47)37-35-33-31-29-27-25-18-16-14-12-10-8-6-4-2/h35,37,42-43,47H,3-34,36,38-41,45H2,1-2H3,(H,46,48)(H,49,50)/b37-35+/t42-,43+/m0/s1. The molecule has 0 aromatic rings. The van der Waals surface area contributed by atoms with Crippen LogP contribution in [0.5, 0.6) is 0 Å². The summed E-state index contributed by atoms with van der Waals surface area (Å²) in [5.74, 6) is -0.190. The second-order valence-corrected chi connectivity index (χ2v) is 17.1. The minimum Gasteiger partial charge on any atom is -0.387 e. The van der Waals surface area contributed by atoms with Crippen LogP contribution in [0.15, 0.2) is 12.2 Å². The number of rotatable bonds is 43. The largest absolute Gasteiger partial charge is 0.472 e. The third-order valence-electron chi connectivity index (χ3n) is 10.4. The van der Waals surface area contributed by atoms with E-state index in [0.717, 1.165) is 38.5 Å². The first-order chi connectivity index (χ1) is 25.9. The van der Waals surface area contributed by atoms with Crippen LogP contribution < -0.4 is 11.1 Å². The molecular formula is C44H89N2O6P. The fraction of sp³-hybridized carbons (Fsp3) is 0.932. The molecule has 0 heterocycles. The number of phosphoric acid groups is 1. The van der Waals surface area contributed by atoms with Gasteiger partial charge in [0.1, 0.15) is 0 Å². The van der Waals surface area contributed by atoms with Crippen LogP contribution in [0.1, 0.15) is 232 Å². The number of amides is 1. The lowest BCUT2D eigenvalue weighted by atomic mass is 10.0. The van der Waals surface area contributed by atoms with E-state index in [-0.39, 0.29) is 25.7 Å². The number of hydrogen-bond acceptors (Lipinski definition) is 6. The lowest BCUT2D eigenvalue weighted by molar-refractivity contribution is -0.123. The Morgan fingerprint density at radius 3 is 1.34 bits per heavy atom. The lowest BCUT2D eigenvalue weighted by Gasteiger charge is -2.23. The Bertz CT molecular complexity index is 845. The van der Waals surface area contributed by atoms with Gasteiger partial charge < -0.3 is 21.1 Å². The number of aliphatic hydroxyl groups is 1. The molecule has 9 heteroatoms. The van der Waals surface area contributed by atoms with Gasteiger partial charge in [0.25, 0.3) is 0 Å². The number of nitrogens with two attached hydrogens (primary N) is 1. The van der Waals surface area contributed by atoms with Crippen molar-refractivity contribution in [2.75, 3.05) is 19.8 Å². The zero-order valence-corrected chi connectivity index (χ0v) is 35.9. The van der Waals surface area contributed by atoms with Crippen LogP contribution in [0, 0.1) is 0 Å². The van der Waals surface area contributed by atoms with E-state index >= 15 is 0 Å². The molecule has 53 heavy (non-hydrogen) atoms. The Hall–Kier alpha value is -0.760. The van der Waals surface area contributed by atoms with E-state index < -0.39 is 20.0 Å². The van der Waals surface area contributed by atoms with Gasteiger partial charge in [-0.15, -0.1) is 0 Å². The van der Waals surface area contributed by atoms with Crippen LogP contribution in [-0.4, -0.2) is 47.8 Å². The highest BCUT2D eigenvalue weighted by Crippen LogP contribution is 2.43. The van der Waals surface area contributed by atoms with Crippen molar-refractivity contribution in [3.8, 4) is 0 Å². The van der Waals surface area contributed by atoms with Gasteiger partial charge in [-0.2, -0.15) is 0 Å². The number of aliphatic hydroxyl groups excluding tert-OH is 1. The fourth-order valence-electron chi connectivity index (χ4n) is 6.90. The van der Waals surface area contributed by atoms with Gasteiger partial charge in [0.05, 0.1) is 25.4 Å². The second kappa shape index (κ2) is 40.9. The van der Waals surface area contributed by atoms with Crippen molar-refractivity contribution in [1.82, 2.24) is 5.32 Å². The molecule has 0 aromatic heterocycles. The molecule has 0 bridgehead atoms. The Balaban J connectivity index is 4.11. The third kappa shape index (κ3) is 39.3. The molecule has 0 fully saturated rings. The zero-order chi connectivity index (χ0) is 38.9. The van der Waals surface area contributed by atoms with Gasteiger partial charge in [-0.3, -0.25) is 13.8 Å². The highest BCUT2D eigenvalue weighted by Gasteiger charge is 2.26. The normalized spacial score (nSPS) is 14.1. The van der Waals surface area contributed by atoms with Crippen LogP contribution in [0.2, 0.25) is 0 Å². The van der Waals surface area contributed by atoms with Crippen molar-refractivity contribution in [2.24, 2.45) is 5.73 Å². The average molecular weight is 773 g/mol. The fourth-order valence-corrected chi connectivity index (χ4v) is 7.66. The molecular weight excluding hydrogens is 683 g/mol. The van der Waals surface area contributed by atoms with Gasteiger partial charge in [-0.1, -0.05) is 219 Å². The van der Waals surface area contributed by atoms with Crippen molar-refractivity contribution in [3.05, 3.63) is 12.2 Å². The van der Waals surface area contributed by atoms with Crippen molar-refractivity contribution in [2.45, 2.75) is 244 Å². The number of allylic oxidation sites excluding steroid dienone is 1. The predicted octanol–water partition coefficient (Wildman–Crippen LogP) is 12.8. The molecule has 1 unspecified atom stereocenters. The number of nitrogens with one attached hydrogen (secondary N) is 1. The number of carbonyl (C=O) groups is 1. The van der Waals surface area contributed by atoms with E-state index in [1.165, 1.54) is 173 Å². The number of phosphoric ester groups is 1. The van der Waals surface area contributed by atoms with E-state index in [9.17, 15) is 19.4 Å². The predicted molar refractivity (Wildman–Crippen MR) is 226 cm³/mol. The zero-order valence-electron chi connectivity index (χ0n) is 35.0. The minimum absolute atomic E-state index is 0.0814. The first-order valence-electron chi connectivity index (χ1n) is 22.8. The molecule has 0 rings (SSSR count). The highest BCUT2D eigenvalue weighted by atomic mass is 31.2. The summed E-state index contributed by atoms with van der Waals surface area (Å²) in [7, 11) is -4.33. The summed E-state index contributed by atoms with van der Waals surface area (Å²) >= 11 is 0. The molecule has 8 nitrogen and oxygen atoms in total. The first kappa shape index (κ1) is 52.2. The summed E-state index contributed by atoms with van der Waals surface area (Å²) in [6, 6.07) is -0.854. The Labute approximate surface area is 328 Å². The molecule has 0 aromatic carbocycles. The SMILES string of the molecule is CCCCCCCCCCCCCC/C=C/[C@@H](O)[C@H](COP(=O)(O)OCCN)NC(=O)CCCCCCCCCCCCCCCCCCCCCC. The molecule has 0 spiro atoms. The van der Waals surface area contributed by atoms with Crippen LogP contribution in [0.3, 0.4) is 0 Å². The molecule has 316 valence electrons. The summed E-state index contributed by atoms with van der Waals surface area (Å²) in [6.07, 6.45) is 45.5. The Morgan fingerprint density at radius 1 is 0.604 bits per heavy atom. The second-order valence-electron chi connectivity index (χ2n) is 15.6. The Kier molecular flexibility index (Phi) is 40.3. The summed E-state index contributed by atoms with van der Waals surface area (Å²) in [4.78, 5) is 22.7. The topological polar surface area (TPSA) is 131 Å². The van der Waals surface area contributed by atoms with Gasteiger partial charge in [0.15, 0.2) is 0 Å². The van der Waals surface area contributed by atoms with Gasteiger partial charge in [-0.25, -0.2) is 4.57 Å². The Morgan fingerprint density at radius 2 is 0.962 bits per heavy atom. The van der Waals surface area contributed by atoms with Crippen LogP contribution in [-0.2, 0) is 18.4 Å². The monoisotopic (exact) mass is 773 g/mol. The quantitative estimate of drug-likeness (QED) is 0.0276. The molecule has 5 N–H and O–H groups in total. The summed E-state index contributed by atoms with van der Waals surface area (Å²) in [5.41, 5.74) is 5.37. The molecule has 0 saturated carbocycles. The van der Waals surface area contributed by atoms with E-state index in [4.69, 9.17) is 14.8 Å². The van der Waals surface area contributed by atoms with E-state index in [1.807, 2.05) is 6.08 Å². The molecule has 0 aliphatic carbocycles. The van der Waals surface area contributed by atoms with Crippen LogP contribution in [0.4, 0.5) is 0 Å². The maximum atomic E-state index is 12.8. The smallest absolute Gasteiger partial charge is 0.387 e. The molecule has 0 radical (unpaired) electrons. The van der Waals surface area contributed by atoms with Crippen LogP contribution in [0.25, 0.3) is 0 Å². The van der Waals surface area contributed by atoms with Gasteiger partial charge in [0.2, 0.25) is 5.91 Å². The molecule has 3 atom stereocenters. The van der Waals surface area contributed by atoms with Gasteiger partial charge in [-0.05, 0) is 19.3 Å². The maximum Gasteiger partial charge on any atom is 0.472 e. The van der Waals surface area contributed by atoms with E-state index in [0.29, 0.717) is 6.42 Å². The highest BCUT2D eigenvalue weighted by molar-refractivity contribution is 7.47. The lowest BCUT2D eigenvalue weighted by Crippen LogP contribution is -2.45. The number of unbranched alkanes of at least 4 members (excludes halogenated alkanes) is 31.